The number of rotatable bonds is 3. The van der Waals surface area contributed by atoms with Crippen molar-refractivity contribution in [1.29, 1.82) is 0 Å². The van der Waals surface area contributed by atoms with Gasteiger partial charge in [0, 0.05) is 24.8 Å². The summed E-state index contributed by atoms with van der Waals surface area (Å²) >= 11 is -0.228. The van der Waals surface area contributed by atoms with Crippen molar-refractivity contribution >= 4 is 45.1 Å². The molecule has 1 unspecified atom stereocenters. The van der Waals surface area contributed by atoms with E-state index in [2.05, 4.69) is 16.8 Å². The van der Waals surface area contributed by atoms with Gasteiger partial charge in [-0.15, -0.1) is 11.7 Å². The van der Waals surface area contributed by atoms with Gasteiger partial charge in [-0.25, -0.2) is 4.90 Å². The van der Waals surface area contributed by atoms with Gasteiger partial charge >= 0.3 is 5.17 Å². The van der Waals surface area contributed by atoms with Crippen molar-refractivity contribution in [2.75, 3.05) is 25.1 Å². The first-order valence-electron chi connectivity index (χ1n) is 5.39. The molecule has 0 aromatic heterocycles. The molecule has 0 radical (unpaired) electrons. The SMILES string of the molecule is C=CCN1C(=O)C[S+]([O-])C1=NN=C1SCC(=O)N1C. The minimum atomic E-state index is -1.48. The molecule has 2 saturated heterocycles. The van der Waals surface area contributed by atoms with Gasteiger partial charge in [0.05, 0.1) is 5.75 Å². The molecule has 2 amide bonds. The minimum absolute atomic E-state index is 0.0597. The molecule has 0 saturated carbocycles. The van der Waals surface area contributed by atoms with Gasteiger partial charge in [0.25, 0.3) is 5.91 Å². The number of carbonyl (C=O) groups is 2. The Morgan fingerprint density at radius 2 is 2.21 bits per heavy atom. The quantitative estimate of drug-likeness (QED) is 0.403. The average molecular weight is 300 g/mol. The molecule has 7 nitrogen and oxygen atoms in total. The first-order chi connectivity index (χ1) is 9.04. The van der Waals surface area contributed by atoms with Crippen LogP contribution < -0.4 is 0 Å². The highest BCUT2D eigenvalue weighted by Crippen LogP contribution is 2.19. The first-order valence-corrected chi connectivity index (χ1v) is 7.69. The summed E-state index contributed by atoms with van der Waals surface area (Å²) in [5.41, 5.74) is 0. The van der Waals surface area contributed by atoms with Crippen LogP contribution in [0.1, 0.15) is 0 Å². The van der Waals surface area contributed by atoms with E-state index in [1.165, 1.54) is 27.6 Å². The standard InChI is InChI=1S/C10H12N4O3S2/c1-3-4-14-8(16)6-19(17)10(14)12-11-9-13(2)7(15)5-18-9/h3H,1,4-6H2,2H3. The fourth-order valence-corrected chi connectivity index (χ4v) is 3.40. The number of thioether (sulfide) groups is 1. The Kier molecular flexibility index (Phi) is 4.27. The van der Waals surface area contributed by atoms with Crippen LogP contribution >= 0.6 is 11.8 Å². The Bertz CT molecular complexity index is 491. The fraction of sp³-hybridized carbons (Fsp3) is 0.400. The van der Waals surface area contributed by atoms with E-state index in [1.807, 2.05) is 0 Å². The van der Waals surface area contributed by atoms with E-state index in [1.54, 1.807) is 7.05 Å². The molecule has 0 N–H and O–H groups in total. The summed E-state index contributed by atoms with van der Waals surface area (Å²) in [6.07, 6.45) is 1.53. The maximum Gasteiger partial charge on any atom is 0.345 e. The summed E-state index contributed by atoms with van der Waals surface area (Å²) < 4.78 is 11.7. The number of hydrogen-bond donors (Lipinski definition) is 0. The first kappa shape index (κ1) is 14.1. The maximum atomic E-state index is 11.7. The second kappa shape index (κ2) is 5.76. The second-order valence-electron chi connectivity index (χ2n) is 3.79. The Hall–Kier alpha value is -1.32. The van der Waals surface area contributed by atoms with Crippen LogP contribution in [0.3, 0.4) is 0 Å². The molecule has 102 valence electrons. The summed E-state index contributed by atoms with van der Waals surface area (Å²) in [7, 11) is 1.60. The highest BCUT2D eigenvalue weighted by atomic mass is 32.2. The normalized spacial score (nSPS) is 28.0. The zero-order valence-corrected chi connectivity index (χ0v) is 11.9. The molecular weight excluding hydrogens is 288 g/mol. The van der Waals surface area contributed by atoms with E-state index in [9.17, 15) is 14.1 Å². The van der Waals surface area contributed by atoms with Crippen molar-refractivity contribution in [2.45, 2.75) is 0 Å². The van der Waals surface area contributed by atoms with Crippen molar-refractivity contribution in [3.63, 3.8) is 0 Å². The molecule has 2 aliphatic rings. The minimum Gasteiger partial charge on any atom is -0.609 e. The third-order valence-corrected chi connectivity index (χ3v) is 4.73. The van der Waals surface area contributed by atoms with Gasteiger partial charge in [0.2, 0.25) is 5.91 Å². The number of amidine groups is 2. The lowest BCUT2D eigenvalue weighted by Gasteiger charge is -2.10. The second-order valence-corrected chi connectivity index (χ2v) is 6.08. The van der Waals surface area contributed by atoms with E-state index in [0.717, 1.165) is 0 Å². The van der Waals surface area contributed by atoms with Crippen LogP contribution in [0.2, 0.25) is 0 Å². The monoisotopic (exact) mass is 300 g/mol. The molecule has 19 heavy (non-hydrogen) atoms. The zero-order valence-electron chi connectivity index (χ0n) is 10.2. The molecule has 0 aliphatic carbocycles. The van der Waals surface area contributed by atoms with Crippen LogP contribution in [0.4, 0.5) is 0 Å². The molecule has 0 aromatic carbocycles. The Balaban J connectivity index is 2.21. The van der Waals surface area contributed by atoms with Gasteiger partial charge in [-0.1, -0.05) is 22.9 Å². The van der Waals surface area contributed by atoms with Crippen molar-refractivity contribution in [3.05, 3.63) is 12.7 Å². The van der Waals surface area contributed by atoms with Gasteiger partial charge in [0.1, 0.15) is 0 Å². The third-order valence-electron chi connectivity index (χ3n) is 2.51. The smallest absolute Gasteiger partial charge is 0.345 e. The Morgan fingerprint density at radius 3 is 2.79 bits per heavy atom. The van der Waals surface area contributed by atoms with E-state index < -0.39 is 11.2 Å². The highest BCUT2D eigenvalue weighted by molar-refractivity contribution is 8.15. The summed E-state index contributed by atoms with van der Waals surface area (Å²) in [5, 5.41) is 8.33. The van der Waals surface area contributed by atoms with Crippen molar-refractivity contribution in [1.82, 2.24) is 9.80 Å². The number of nitrogens with zero attached hydrogens (tertiary/aromatic N) is 4. The molecule has 0 aromatic rings. The van der Waals surface area contributed by atoms with E-state index in [0.29, 0.717) is 10.9 Å². The third kappa shape index (κ3) is 2.82. The number of carbonyl (C=O) groups excluding carboxylic acids is 2. The number of amides is 2. The topological polar surface area (TPSA) is 88.4 Å². The highest BCUT2D eigenvalue weighted by Gasteiger charge is 2.40. The van der Waals surface area contributed by atoms with Crippen LogP contribution in [0.25, 0.3) is 0 Å². The fourth-order valence-electron chi connectivity index (χ4n) is 1.50. The summed E-state index contributed by atoms with van der Waals surface area (Å²) in [5.74, 6) is -0.0888. The largest absolute Gasteiger partial charge is 0.609 e. The van der Waals surface area contributed by atoms with Crippen molar-refractivity contribution in [2.24, 2.45) is 10.2 Å². The van der Waals surface area contributed by atoms with Crippen molar-refractivity contribution in [3.8, 4) is 0 Å². The zero-order chi connectivity index (χ0) is 14.0. The predicted octanol–water partition coefficient (Wildman–Crippen LogP) is -0.405. The summed E-state index contributed by atoms with van der Waals surface area (Å²) in [4.78, 5) is 25.6. The molecular formula is C10H12N4O3S2. The summed E-state index contributed by atoms with van der Waals surface area (Å²) in [6.45, 7) is 3.78. The lowest BCUT2D eigenvalue weighted by atomic mass is 10.5. The van der Waals surface area contributed by atoms with Gasteiger partial charge in [-0.05, 0) is 0 Å². The van der Waals surface area contributed by atoms with E-state index in [4.69, 9.17) is 0 Å². The van der Waals surface area contributed by atoms with E-state index >= 15 is 0 Å². The maximum absolute atomic E-state index is 11.7. The summed E-state index contributed by atoms with van der Waals surface area (Å²) in [6, 6.07) is 0. The molecule has 2 aliphatic heterocycles. The van der Waals surface area contributed by atoms with Crippen LogP contribution in [-0.4, -0.2) is 61.6 Å². The molecule has 0 spiro atoms. The van der Waals surface area contributed by atoms with Crippen molar-refractivity contribution < 1.29 is 14.1 Å². The average Bonchev–Trinajstić information content (AvgIpc) is 2.81. The van der Waals surface area contributed by atoms with Gasteiger partial charge in [0.15, 0.2) is 10.9 Å². The van der Waals surface area contributed by atoms with Gasteiger partial charge < -0.3 is 4.55 Å². The predicted molar refractivity (Wildman–Crippen MR) is 75.0 cm³/mol. The molecule has 9 heteroatoms. The van der Waals surface area contributed by atoms with Crippen LogP contribution in [0.15, 0.2) is 22.9 Å². The van der Waals surface area contributed by atoms with Gasteiger partial charge in [-0.3, -0.25) is 14.5 Å². The molecule has 2 fully saturated rings. The Morgan fingerprint density at radius 1 is 1.47 bits per heavy atom. The lowest BCUT2D eigenvalue weighted by Crippen LogP contribution is -2.31. The van der Waals surface area contributed by atoms with Crippen LogP contribution in [-0.2, 0) is 20.8 Å². The number of hydrogen-bond acceptors (Lipinski definition) is 6. The van der Waals surface area contributed by atoms with Gasteiger partial charge in [-0.2, -0.15) is 0 Å². The van der Waals surface area contributed by atoms with E-state index in [-0.39, 0.29) is 29.3 Å². The molecule has 1 atom stereocenters. The lowest BCUT2D eigenvalue weighted by molar-refractivity contribution is -0.124. The molecule has 0 bridgehead atoms. The van der Waals surface area contributed by atoms with Crippen LogP contribution in [0, 0.1) is 0 Å². The molecule has 2 rings (SSSR count). The molecule has 2 heterocycles. The Labute approximate surface area is 117 Å². The van der Waals surface area contributed by atoms with Crippen LogP contribution in [0.5, 0.6) is 0 Å².